The molecule has 0 aromatic heterocycles. The smallest absolute Gasteiger partial charge is 0.288 e. The molecule has 1 heterocycles. The lowest BCUT2D eigenvalue weighted by atomic mass is 9.88. The van der Waals surface area contributed by atoms with E-state index in [-0.39, 0.29) is 10.7 Å². The molecule has 0 aliphatic carbocycles. The van der Waals surface area contributed by atoms with E-state index >= 15 is 0 Å². The highest BCUT2D eigenvalue weighted by atomic mass is 35.5. The number of aliphatic hydroxyl groups is 1. The molecule has 0 unspecified atom stereocenters. The predicted molar refractivity (Wildman–Crippen MR) is 54.9 cm³/mol. The van der Waals surface area contributed by atoms with Crippen molar-refractivity contribution in [3.05, 3.63) is 38.9 Å². The van der Waals surface area contributed by atoms with Crippen LogP contribution in [-0.2, 0) is 5.60 Å². The van der Waals surface area contributed by atoms with Crippen molar-refractivity contribution in [2.45, 2.75) is 5.60 Å². The Balaban J connectivity index is 2.42. The Labute approximate surface area is 90.8 Å². The van der Waals surface area contributed by atoms with Crippen molar-refractivity contribution in [2.24, 2.45) is 0 Å². The number of hydrogen-bond donors (Lipinski definition) is 2. The van der Waals surface area contributed by atoms with Gasteiger partial charge < -0.3 is 10.4 Å². The summed E-state index contributed by atoms with van der Waals surface area (Å²) < 4.78 is 0. The van der Waals surface area contributed by atoms with E-state index in [0.717, 1.165) is 0 Å². The molecular weight excluding hydrogens is 220 g/mol. The largest absolute Gasteiger partial charge is 0.382 e. The summed E-state index contributed by atoms with van der Waals surface area (Å²) in [6.07, 6.45) is 0. The topological polar surface area (TPSA) is 75.4 Å². The van der Waals surface area contributed by atoms with Crippen LogP contribution < -0.4 is 5.32 Å². The van der Waals surface area contributed by atoms with Gasteiger partial charge in [-0.3, -0.25) is 10.1 Å². The number of nitrogens with one attached hydrogen (secondary N) is 1. The molecule has 1 aliphatic rings. The van der Waals surface area contributed by atoms with Gasteiger partial charge in [0.25, 0.3) is 5.69 Å². The molecule has 6 heteroatoms. The molecule has 80 valence electrons. The van der Waals surface area contributed by atoms with Gasteiger partial charge in [0.15, 0.2) is 0 Å². The van der Waals surface area contributed by atoms with Gasteiger partial charge in [0.1, 0.15) is 10.6 Å². The fraction of sp³-hybridized carbons (Fsp3) is 0.333. The van der Waals surface area contributed by atoms with Gasteiger partial charge in [-0.15, -0.1) is 0 Å². The number of rotatable bonds is 2. The molecule has 15 heavy (non-hydrogen) atoms. The maximum Gasteiger partial charge on any atom is 0.288 e. The van der Waals surface area contributed by atoms with Crippen molar-refractivity contribution in [3.8, 4) is 0 Å². The Morgan fingerprint density at radius 2 is 2.20 bits per heavy atom. The highest BCUT2D eigenvalue weighted by Crippen LogP contribution is 2.32. The Morgan fingerprint density at radius 3 is 2.67 bits per heavy atom. The van der Waals surface area contributed by atoms with Crippen LogP contribution >= 0.6 is 11.6 Å². The number of hydrogen-bond acceptors (Lipinski definition) is 4. The van der Waals surface area contributed by atoms with Crippen LogP contribution in [0.1, 0.15) is 5.56 Å². The third kappa shape index (κ3) is 1.69. The van der Waals surface area contributed by atoms with Crippen LogP contribution in [0.15, 0.2) is 18.2 Å². The van der Waals surface area contributed by atoms with Gasteiger partial charge >= 0.3 is 0 Å². The SMILES string of the molecule is O=[N+]([O-])c1cc(C2(O)CNC2)ccc1Cl. The molecule has 2 rings (SSSR count). The minimum atomic E-state index is -0.991. The molecule has 0 atom stereocenters. The maximum absolute atomic E-state index is 10.6. The molecule has 0 saturated carbocycles. The highest BCUT2D eigenvalue weighted by molar-refractivity contribution is 6.32. The number of benzene rings is 1. The summed E-state index contributed by atoms with van der Waals surface area (Å²) in [4.78, 5) is 10.1. The van der Waals surface area contributed by atoms with E-state index in [1.54, 1.807) is 6.07 Å². The third-order valence-corrected chi connectivity index (χ3v) is 2.83. The van der Waals surface area contributed by atoms with E-state index in [1.807, 2.05) is 0 Å². The van der Waals surface area contributed by atoms with E-state index in [0.29, 0.717) is 18.7 Å². The number of nitro groups is 1. The van der Waals surface area contributed by atoms with E-state index < -0.39 is 10.5 Å². The molecule has 0 spiro atoms. The fourth-order valence-electron chi connectivity index (χ4n) is 1.51. The Kier molecular flexibility index (Phi) is 2.38. The number of halogens is 1. The van der Waals surface area contributed by atoms with E-state index in [1.165, 1.54) is 12.1 Å². The van der Waals surface area contributed by atoms with Crippen molar-refractivity contribution in [2.75, 3.05) is 13.1 Å². The Hall–Kier alpha value is -1.17. The van der Waals surface area contributed by atoms with Gasteiger partial charge in [-0.1, -0.05) is 17.7 Å². The number of β-amino-alcohol motifs (C(OH)–C–C–N with tert-alkyl or cyclic N) is 1. The first-order valence-electron chi connectivity index (χ1n) is 4.40. The molecule has 2 N–H and O–H groups in total. The summed E-state index contributed by atoms with van der Waals surface area (Å²) >= 11 is 5.66. The van der Waals surface area contributed by atoms with Crippen molar-refractivity contribution < 1.29 is 10.0 Å². The first-order chi connectivity index (χ1) is 7.03. The van der Waals surface area contributed by atoms with Crippen molar-refractivity contribution in [1.29, 1.82) is 0 Å². The van der Waals surface area contributed by atoms with Crippen LogP contribution in [0.4, 0.5) is 5.69 Å². The standard InChI is InChI=1S/C9H9ClN2O3/c10-7-2-1-6(3-8(7)12(14)15)9(13)4-11-5-9/h1-3,11,13H,4-5H2. The van der Waals surface area contributed by atoms with Gasteiger partial charge in [0, 0.05) is 19.2 Å². The molecule has 1 fully saturated rings. The normalized spacial score (nSPS) is 18.3. The number of nitrogens with zero attached hydrogens (tertiary/aromatic N) is 1. The van der Waals surface area contributed by atoms with E-state index in [4.69, 9.17) is 11.6 Å². The average molecular weight is 229 g/mol. The first-order valence-corrected chi connectivity index (χ1v) is 4.78. The summed E-state index contributed by atoms with van der Waals surface area (Å²) in [6.45, 7) is 0.817. The van der Waals surface area contributed by atoms with Gasteiger partial charge in [0.05, 0.1) is 4.92 Å². The van der Waals surface area contributed by atoms with Gasteiger partial charge in [0.2, 0.25) is 0 Å². The van der Waals surface area contributed by atoms with Gasteiger partial charge in [-0.05, 0) is 11.6 Å². The van der Waals surface area contributed by atoms with Crippen LogP contribution in [-0.4, -0.2) is 23.1 Å². The maximum atomic E-state index is 10.6. The monoisotopic (exact) mass is 228 g/mol. The van der Waals surface area contributed by atoms with Gasteiger partial charge in [-0.25, -0.2) is 0 Å². The van der Waals surface area contributed by atoms with Crippen molar-refractivity contribution >= 4 is 17.3 Å². The molecule has 1 aromatic carbocycles. The summed E-state index contributed by atoms with van der Waals surface area (Å²) in [7, 11) is 0. The van der Waals surface area contributed by atoms with Crippen LogP contribution in [0.25, 0.3) is 0 Å². The second-order valence-corrected chi connectivity index (χ2v) is 3.97. The lowest BCUT2D eigenvalue weighted by Gasteiger charge is -2.37. The minimum Gasteiger partial charge on any atom is -0.382 e. The summed E-state index contributed by atoms with van der Waals surface area (Å²) in [5.41, 5.74) is -0.637. The second kappa shape index (κ2) is 3.44. The fourth-order valence-corrected chi connectivity index (χ4v) is 1.69. The molecule has 1 aromatic rings. The highest BCUT2D eigenvalue weighted by Gasteiger charge is 2.37. The summed E-state index contributed by atoms with van der Waals surface area (Å²) in [6, 6.07) is 4.37. The Morgan fingerprint density at radius 1 is 1.53 bits per heavy atom. The lowest BCUT2D eigenvalue weighted by molar-refractivity contribution is -0.384. The molecule has 5 nitrogen and oxygen atoms in total. The van der Waals surface area contributed by atoms with E-state index in [9.17, 15) is 15.2 Å². The average Bonchev–Trinajstić information content (AvgIpc) is 2.14. The molecule has 1 saturated heterocycles. The summed E-state index contributed by atoms with van der Waals surface area (Å²) in [5, 5.41) is 23.6. The second-order valence-electron chi connectivity index (χ2n) is 3.56. The molecule has 0 bridgehead atoms. The van der Waals surface area contributed by atoms with Gasteiger partial charge in [-0.2, -0.15) is 0 Å². The number of nitro benzene ring substituents is 1. The minimum absolute atomic E-state index is 0.0830. The molecular formula is C9H9ClN2O3. The molecule has 0 amide bonds. The predicted octanol–water partition coefficient (Wildman–Crippen LogP) is 1.04. The van der Waals surface area contributed by atoms with Crippen LogP contribution in [0.2, 0.25) is 5.02 Å². The lowest BCUT2D eigenvalue weighted by Crippen LogP contribution is -2.56. The van der Waals surface area contributed by atoms with Crippen LogP contribution in [0, 0.1) is 10.1 Å². The van der Waals surface area contributed by atoms with Crippen molar-refractivity contribution in [3.63, 3.8) is 0 Å². The quantitative estimate of drug-likeness (QED) is 0.586. The molecule has 0 radical (unpaired) electrons. The van der Waals surface area contributed by atoms with Crippen molar-refractivity contribution in [1.82, 2.24) is 5.32 Å². The zero-order chi connectivity index (χ0) is 11.1. The Bertz CT molecular complexity index is 418. The molecule has 1 aliphatic heterocycles. The van der Waals surface area contributed by atoms with Crippen LogP contribution in [0.3, 0.4) is 0 Å². The third-order valence-electron chi connectivity index (χ3n) is 2.52. The summed E-state index contributed by atoms with van der Waals surface area (Å²) in [5.74, 6) is 0. The van der Waals surface area contributed by atoms with E-state index in [2.05, 4.69) is 5.32 Å². The first kappa shape index (κ1) is 10.4. The van der Waals surface area contributed by atoms with Crippen LogP contribution in [0.5, 0.6) is 0 Å². The zero-order valence-corrected chi connectivity index (χ0v) is 8.49. The zero-order valence-electron chi connectivity index (χ0n) is 7.74.